The molecule has 0 aliphatic carbocycles. The molecule has 0 saturated heterocycles. The molecule has 1 unspecified atom stereocenters. The molecular weight excluding hydrogens is 328 g/mol. The lowest BCUT2D eigenvalue weighted by atomic mass is 10.0. The molecule has 0 saturated carbocycles. The number of nitrogens with zero attached hydrogens (tertiary/aromatic N) is 3. The van der Waals surface area contributed by atoms with Gasteiger partial charge in [-0.1, -0.05) is 6.07 Å². The normalized spacial score (nSPS) is 12.6. The molecular formula is C16H23BrN4. The fraction of sp³-hybridized carbons (Fsp3) is 0.500. The van der Waals surface area contributed by atoms with Crippen LogP contribution >= 0.6 is 15.9 Å². The van der Waals surface area contributed by atoms with E-state index in [9.17, 15) is 0 Å². The molecule has 21 heavy (non-hydrogen) atoms. The minimum Gasteiger partial charge on any atom is -0.317 e. The summed E-state index contributed by atoms with van der Waals surface area (Å²) in [7, 11) is 2.03. The van der Waals surface area contributed by atoms with Crippen LogP contribution in [0.1, 0.15) is 30.3 Å². The van der Waals surface area contributed by atoms with Crippen LogP contribution in [0.25, 0.3) is 0 Å². The topological polar surface area (TPSA) is 42.7 Å². The zero-order chi connectivity index (χ0) is 15.2. The smallest absolute Gasteiger partial charge is 0.0738 e. The average molecular weight is 351 g/mol. The lowest BCUT2D eigenvalue weighted by molar-refractivity contribution is 0.493. The van der Waals surface area contributed by atoms with Crippen molar-refractivity contribution in [2.24, 2.45) is 0 Å². The Labute approximate surface area is 135 Å². The van der Waals surface area contributed by atoms with Gasteiger partial charge in [0.2, 0.25) is 0 Å². The average Bonchev–Trinajstić information content (AvgIpc) is 2.79. The first kappa shape index (κ1) is 16.2. The van der Waals surface area contributed by atoms with Crippen LogP contribution in [-0.4, -0.2) is 27.9 Å². The molecule has 2 heterocycles. The Balaban J connectivity index is 2.02. The van der Waals surface area contributed by atoms with Crippen LogP contribution in [0.2, 0.25) is 0 Å². The van der Waals surface area contributed by atoms with Crippen LogP contribution in [0.3, 0.4) is 0 Å². The lowest BCUT2D eigenvalue weighted by Gasteiger charge is -2.17. The summed E-state index contributed by atoms with van der Waals surface area (Å²) >= 11 is 3.67. The highest BCUT2D eigenvalue weighted by Gasteiger charge is 2.16. The van der Waals surface area contributed by atoms with E-state index in [4.69, 9.17) is 0 Å². The second kappa shape index (κ2) is 7.71. The van der Waals surface area contributed by atoms with Gasteiger partial charge in [-0.2, -0.15) is 5.10 Å². The van der Waals surface area contributed by atoms with Gasteiger partial charge in [0.05, 0.1) is 15.9 Å². The number of likely N-dealkylation sites (N-methyl/N-ethyl adjacent to an activating group) is 1. The van der Waals surface area contributed by atoms with Crippen molar-refractivity contribution in [3.05, 3.63) is 46.0 Å². The molecule has 0 spiro atoms. The highest BCUT2D eigenvalue weighted by molar-refractivity contribution is 9.10. The van der Waals surface area contributed by atoms with Crippen molar-refractivity contribution >= 4 is 15.9 Å². The minimum absolute atomic E-state index is 0.433. The molecule has 0 aliphatic heterocycles. The van der Waals surface area contributed by atoms with Gasteiger partial charge in [-0.15, -0.1) is 0 Å². The summed E-state index contributed by atoms with van der Waals surface area (Å²) in [5.41, 5.74) is 3.63. The first-order chi connectivity index (χ1) is 10.2. The van der Waals surface area contributed by atoms with E-state index in [2.05, 4.69) is 49.0 Å². The predicted molar refractivity (Wildman–Crippen MR) is 89.4 cm³/mol. The van der Waals surface area contributed by atoms with Gasteiger partial charge >= 0.3 is 0 Å². The largest absolute Gasteiger partial charge is 0.317 e. The molecule has 0 amide bonds. The monoisotopic (exact) mass is 350 g/mol. The van der Waals surface area contributed by atoms with Gasteiger partial charge in [0, 0.05) is 31.4 Å². The Morgan fingerprint density at radius 2 is 2.24 bits per heavy atom. The molecule has 2 aromatic rings. The Kier molecular flexibility index (Phi) is 5.94. The summed E-state index contributed by atoms with van der Waals surface area (Å²) < 4.78 is 3.24. The number of rotatable bonds is 7. The molecule has 0 aromatic carbocycles. The van der Waals surface area contributed by atoms with E-state index in [1.165, 1.54) is 11.3 Å². The first-order valence-electron chi connectivity index (χ1n) is 7.43. The zero-order valence-electron chi connectivity index (χ0n) is 12.9. The summed E-state index contributed by atoms with van der Waals surface area (Å²) in [5.74, 6) is 0. The Morgan fingerprint density at radius 3 is 2.86 bits per heavy atom. The van der Waals surface area contributed by atoms with E-state index in [1.54, 1.807) is 0 Å². The summed E-state index contributed by atoms with van der Waals surface area (Å²) in [4.78, 5) is 4.18. The van der Waals surface area contributed by atoms with Gasteiger partial charge in [0.1, 0.15) is 0 Å². The highest BCUT2D eigenvalue weighted by atomic mass is 79.9. The molecule has 1 atom stereocenters. The number of aromatic nitrogens is 3. The van der Waals surface area contributed by atoms with Gasteiger partial charge in [-0.25, -0.2) is 0 Å². The molecule has 2 rings (SSSR count). The molecule has 1 N–H and O–H groups in total. The molecule has 5 heteroatoms. The van der Waals surface area contributed by atoms with Gasteiger partial charge in [0.25, 0.3) is 0 Å². The minimum atomic E-state index is 0.433. The quantitative estimate of drug-likeness (QED) is 0.833. The van der Waals surface area contributed by atoms with Crippen molar-refractivity contribution in [3.8, 4) is 0 Å². The molecule has 4 nitrogen and oxygen atoms in total. The lowest BCUT2D eigenvalue weighted by Crippen LogP contribution is -2.29. The number of hydrogen-bond donors (Lipinski definition) is 1. The number of halogens is 1. The summed E-state index contributed by atoms with van der Waals surface area (Å²) in [6.07, 6.45) is 6.87. The van der Waals surface area contributed by atoms with Gasteiger partial charge in [-0.05, 0) is 61.3 Å². The zero-order valence-corrected chi connectivity index (χ0v) is 14.5. The Bertz CT molecular complexity index is 565. The summed E-state index contributed by atoms with van der Waals surface area (Å²) in [6, 6.07) is 4.56. The van der Waals surface area contributed by atoms with Gasteiger partial charge in [0.15, 0.2) is 0 Å². The SMILES string of the molecule is CCn1nc(C)c(Br)c1CC(CCc1cccnc1)NC. The van der Waals surface area contributed by atoms with E-state index in [1.807, 2.05) is 32.4 Å². The van der Waals surface area contributed by atoms with E-state index in [0.717, 1.165) is 36.0 Å². The second-order valence-electron chi connectivity index (χ2n) is 5.25. The van der Waals surface area contributed by atoms with Crippen molar-refractivity contribution in [3.63, 3.8) is 0 Å². The van der Waals surface area contributed by atoms with E-state index < -0.39 is 0 Å². The third-order valence-corrected chi connectivity index (χ3v) is 4.84. The molecule has 0 radical (unpaired) electrons. The van der Waals surface area contributed by atoms with Crippen LogP contribution < -0.4 is 5.32 Å². The maximum Gasteiger partial charge on any atom is 0.0738 e. The first-order valence-corrected chi connectivity index (χ1v) is 8.23. The molecule has 0 aliphatic rings. The van der Waals surface area contributed by atoms with Gasteiger partial charge in [-0.3, -0.25) is 9.67 Å². The third kappa shape index (κ3) is 4.14. The molecule has 2 aromatic heterocycles. The van der Waals surface area contributed by atoms with Gasteiger partial charge < -0.3 is 5.32 Å². The van der Waals surface area contributed by atoms with Crippen molar-refractivity contribution in [1.82, 2.24) is 20.1 Å². The van der Waals surface area contributed by atoms with Crippen molar-refractivity contribution < 1.29 is 0 Å². The standard InChI is InChI=1S/C16H23BrN4/c1-4-21-15(16(17)12(2)20-21)10-14(18-3)8-7-13-6-5-9-19-11-13/h5-6,9,11,14,18H,4,7-8,10H2,1-3H3. The Hall–Kier alpha value is -1.20. The summed E-state index contributed by atoms with van der Waals surface area (Å²) in [5, 5.41) is 7.99. The van der Waals surface area contributed by atoms with E-state index in [-0.39, 0.29) is 0 Å². The van der Waals surface area contributed by atoms with Crippen LogP contribution in [0, 0.1) is 6.92 Å². The van der Waals surface area contributed by atoms with E-state index in [0.29, 0.717) is 6.04 Å². The van der Waals surface area contributed by atoms with Crippen molar-refractivity contribution in [2.75, 3.05) is 7.05 Å². The summed E-state index contributed by atoms with van der Waals surface area (Å²) in [6.45, 7) is 5.08. The fourth-order valence-electron chi connectivity index (χ4n) is 2.53. The highest BCUT2D eigenvalue weighted by Crippen LogP contribution is 2.23. The van der Waals surface area contributed by atoms with Crippen LogP contribution in [0.15, 0.2) is 29.0 Å². The van der Waals surface area contributed by atoms with Crippen LogP contribution in [-0.2, 0) is 19.4 Å². The molecule has 0 bridgehead atoms. The Morgan fingerprint density at radius 1 is 1.43 bits per heavy atom. The number of pyridine rings is 1. The third-order valence-electron chi connectivity index (χ3n) is 3.81. The van der Waals surface area contributed by atoms with Crippen molar-refractivity contribution in [1.29, 1.82) is 0 Å². The number of hydrogen-bond acceptors (Lipinski definition) is 3. The maximum atomic E-state index is 4.57. The van der Waals surface area contributed by atoms with Crippen molar-refractivity contribution in [2.45, 2.75) is 45.7 Å². The molecule has 0 fully saturated rings. The number of nitrogens with one attached hydrogen (secondary N) is 1. The fourth-order valence-corrected chi connectivity index (χ4v) is 2.98. The second-order valence-corrected chi connectivity index (χ2v) is 6.04. The van der Waals surface area contributed by atoms with Crippen LogP contribution in [0.4, 0.5) is 0 Å². The van der Waals surface area contributed by atoms with Crippen LogP contribution in [0.5, 0.6) is 0 Å². The predicted octanol–water partition coefficient (Wildman–Crippen LogP) is 3.13. The number of aryl methyl sites for hydroxylation is 3. The van der Waals surface area contributed by atoms with E-state index >= 15 is 0 Å². The molecule has 114 valence electrons. The maximum absolute atomic E-state index is 4.57.